The highest BCUT2D eigenvalue weighted by molar-refractivity contribution is 7.86. The van der Waals surface area contributed by atoms with Gasteiger partial charge in [0.15, 0.2) is 0 Å². The lowest BCUT2D eigenvalue weighted by Crippen LogP contribution is -2.47. The minimum atomic E-state index is -3.87. The molecule has 0 aliphatic carbocycles. The Bertz CT molecular complexity index is 627. The summed E-state index contributed by atoms with van der Waals surface area (Å²) in [6, 6.07) is 6.29. The van der Waals surface area contributed by atoms with Gasteiger partial charge in [-0.05, 0) is 25.5 Å². The molecule has 0 spiro atoms. The van der Waals surface area contributed by atoms with Crippen molar-refractivity contribution >= 4 is 16.2 Å². The number of carbonyl (C=O) groups is 1. The normalized spacial score (nSPS) is 22.5. The van der Waals surface area contributed by atoms with E-state index < -0.39 is 28.2 Å². The molecule has 2 atom stereocenters. The third-order valence-corrected chi connectivity index (χ3v) is 5.03. The van der Waals surface area contributed by atoms with Crippen LogP contribution >= 0.6 is 0 Å². The van der Waals surface area contributed by atoms with Gasteiger partial charge in [-0.25, -0.2) is 4.79 Å². The molecule has 7 nitrogen and oxygen atoms in total. The molecule has 1 amide bonds. The molecule has 2 N–H and O–H groups in total. The molecule has 0 unspecified atom stereocenters. The fourth-order valence-corrected chi connectivity index (χ4v) is 3.26. The van der Waals surface area contributed by atoms with Crippen LogP contribution in [0.2, 0.25) is 0 Å². The van der Waals surface area contributed by atoms with Gasteiger partial charge in [-0.1, -0.05) is 17.7 Å². The smallest absolute Gasteiger partial charge is 0.407 e. The van der Waals surface area contributed by atoms with Gasteiger partial charge in [0.1, 0.15) is 0 Å². The van der Waals surface area contributed by atoms with Crippen molar-refractivity contribution < 1.29 is 27.6 Å². The number of piperidine rings is 1. The highest BCUT2D eigenvalue weighted by Crippen LogP contribution is 2.21. The van der Waals surface area contributed by atoms with Gasteiger partial charge in [-0.3, -0.25) is 4.18 Å². The summed E-state index contributed by atoms with van der Waals surface area (Å²) in [6.45, 7) is 1.91. The van der Waals surface area contributed by atoms with E-state index >= 15 is 0 Å². The molecular weight excluding hydrogens is 310 g/mol. The number of β-amino-alcohol motifs (C(OH)–C–C–N with tert-alkyl or cyclic N) is 1. The van der Waals surface area contributed by atoms with E-state index in [-0.39, 0.29) is 24.6 Å². The van der Waals surface area contributed by atoms with E-state index in [1.54, 1.807) is 12.1 Å². The Labute approximate surface area is 129 Å². The van der Waals surface area contributed by atoms with Crippen molar-refractivity contribution in [2.24, 2.45) is 5.92 Å². The van der Waals surface area contributed by atoms with Crippen LogP contribution in [-0.4, -0.2) is 55.4 Å². The van der Waals surface area contributed by atoms with Crippen LogP contribution in [0.25, 0.3) is 0 Å². The lowest BCUT2D eigenvalue weighted by Gasteiger charge is -2.33. The maximum Gasteiger partial charge on any atom is 0.407 e. The molecule has 0 radical (unpaired) electrons. The lowest BCUT2D eigenvalue weighted by molar-refractivity contribution is 0.00784. The number of hydrogen-bond donors (Lipinski definition) is 2. The molecule has 1 aromatic rings. The summed E-state index contributed by atoms with van der Waals surface area (Å²) >= 11 is 0. The van der Waals surface area contributed by atoms with Crippen molar-refractivity contribution in [1.29, 1.82) is 0 Å². The van der Waals surface area contributed by atoms with Crippen molar-refractivity contribution in [3.8, 4) is 0 Å². The number of aliphatic hydroxyl groups excluding tert-OH is 1. The van der Waals surface area contributed by atoms with E-state index in [0.29, 0.717) is 6.42 Å². The largest absolute Gasteiger partial charge is 0.465 e. The predicted octanol–water partition coefficient (Wildman–Crippen LogP) is 1.06. The number of aryl methyl sites for hydroxylation is 1. The second-order valence-corrected chi connectivity index (χ2v) is 7.01. The molecule has 122 valence electrons. The maximum atomic E-state index is 12.1. The number of aliphatic hydroxyl groups is 1. The Kier molecular flexibility index (Phi) is 5.05. The standard InChI is InChI=1S/C14H19NO6S/c1-10-2-4-12(5-3-10)22(19,20)21-9-11-6-7-15(14(17)18)8-13(11)16/h2-5,11,13,16H,6-9H2,1H3,(H,17,18)/t11-,13+/m1/s1. The molecule has 1 aliphatic rings. The van der Waals surface area contributed by atoms with Crippen molar-refractivity contribution in [2.75, 3.05) is 19.7 Å². The quantitative estimate of drug-likeness (QED) is 0.801. The summed E-state index contributed by atoms with van der Waals surface area (Å²) in [5.74, 6) is -0.407. The van der Waals surface area contributed by atoms with Crippen LogP contribution in [0, 0.1) is 12.8 Å². The van der Waals surface area contributed by atoms with Gasteiger partial charge in [-0.2, -0.15) is 8.42 Å². The first kappa shape index (κ1) is 16.7. The van der Waals surface area contributed by atoms with Gasteiger partial charge in [0.25, 0.3) is 10.1 Å². The molecule has 8 heteroatoms. The Morgan fingerprint density at radius 2 is 2.00 bits per heavy atom. The Morgan fingerprint density at radius 3 is 2.55 bits per heavy atom. The van der Waals surface area contributed by atoms with Gasteiger partial charge in [0.05, 0.1) is 24.2 Å². The number of nitrogens with zero attached hydrogens (tertiary/aromatic N) is 1. The highest BCUT2D eigenvalue weighted by atomic mass is 32.2. The lowest BCUT2D eigenvalue weighted by atomic mass is 9.95. The third-order valence-electron chi connectivity index (χ3n) is 3.74. The van der Waals surface area contributed by atoms with Crippen LogP contribution in [0.4, 0.5) is 4.79 Å². The number of amides is 1. The minimum Gasteiger partial charge on any atom is -0.465 e. The topological polar surface area (TPSA) is 104 Å². The number of benzene rings is 1. The maximum absolute atomic E-state index is 12.1. The number of likely N-dealkylation sites (tertiary alicyclic amines) is 1. The molecule has 1 saturated heterocycles. The first-order valence-electron chi connectivity index (χ1n) is 6.91. The fourth-order valence-electron chi connectivity index (χ4n) is 2.30. The van der Waals surface area contributed by atoms with Crippen LogP contribution in [0.1, 0.15) is 12.0 Å². The van der Waals surface area contributed by atoms with Gasteiger partial charge in [0, 0.05) is 12.5 Å². The summed E-state index contributed by atoms with van der Waals surface area (Å²) in [7, 11) is -3.87. The van der Waals surface area contributed by atoms with Gasteiger partial charge < -0.3 is 15.1 Å². The molecule has 1 fully saturated rings. The van der Waals surface area contributed by atoms with Crippen LogP contribution in [0.15, 0.2) is 29.2 Å². The highest BCUT2D eigenvalue weighted by Gasteiger charge is 2.31. The zero-order valence-electron chi connectivity index (χ0n) is 12.2. The van der Waals surface area contributed by atoms with E-state index in [0.717, 1.165) is 10.5 Å². The van der Waals surface area contributed by atoms with Crippen LogP contribution in [0.3, 0.4) is 0 Å². The minimum absolute atomic E-state index is 0.0338. The van der Waals surface area contributed by atoms with Gasteiger partial charge >= 0.3 is 6.09 Å². The first-order valence-corrected chi connectivity index (χ1v) is 8.32. The first-order chi connectivity index (χ1) is 10.3. The average molecular weight is 329 g/mol. The SMILES string of the molecule is Cc1ccc(S(=O)(=O)OC[C@H]2CCN(C(=O)O)C[C@@H]2O)cc1. The Balaban J connectivity index is 1.95. The van der Waals surface area contributed by atoms with Gasteiger partial charge in [0.2, 0.25) is 0 Å². The third kappa shape index (κ3) is 3.96. The zero-order chi connectivity index (χ0) is 16.3. The van der Waals surface area contributed by atoms with Crippen molar-refractivity contribution in [3.05, 3.63) is 29.8 Å². The molecule has 0 aromatic heterocycles. The molecule has 22 heavy (non-hydrogen) atoms. The molecule has 0 saturated carbocycles. The number of carboxylic acid groups (broad SMARTS) is 1. The summed E-state index contributed by atoms with van der Waals surface area (Å²) in [5.41, 5.74) is 0.940. The molecule has 1 heterocycles. The molecule has 2 rings (SSSR count). The van der Waals surface area contributed by atoms with E-state index in [1.165, 1.54) is 12.1 Å². The number of rotatable bonds is 4. The fraction of sp³-hybridized carbons (Fsp3) is 0.500. The second kappa shape index (κ2) is 6.64. The van der Waals surface area contributed by atoms with Crippen LogP contribution in [-0.2, 0) is 14.3 Å². The van der Waals surface area contributed by atoms with Crippen molar-refractivity contribution in [2.45, 2.75) is 24.3 Å². The van der Waals surface area contributed by atoms with Crippen molar-refractivity contribution in [3.63, 3.8) is 0 Å². The van der Waals surface area contributed by atoms with Crippen LogP contribution in [0.5, 0.6) is 0 Å². The van der Waals surface area contributed by atoms with Gasteiger partial charge in [-0.15, -0.1) is 0 Å². The summed E-state index contributed by atoms with van der Waals surface area (Å²) in [5, 5.41) is 18.8. The monoisotopic (exact) mass is 329 g/mol. The number of hydrogen-bond acceptors (Lipinski definition) is 5. The van der Waals surface area contributed by atoms with E-state index in [9.17, 15) is 18.3 Å². The summed E-state index contributed by atoms with van der Waals surface area (Å²) in [4.78, 5) is 12.0. The van der Waals surface area contributed by atoms with Crippen molar-refractivity contribution in [1.82, 2.24) is 4.90 Å². The second-order valence-electron chi connectivity index (χ2n) is 5.40. The van der Waals surface area contributed by atoms with E-state index in [2.05, 4.69) is 0 Å². The van der Waals surface area contributed by atoms with E-state index in [1.807, 2.05) is 6.92 Å². The van der Waals surface area contributed by atoms with E-state index in [4.69, 9.17) is 9.29 Å². The Morgan fingerprint density at radius 1 is 1.36 bits per heavy atom. The Hall–Kier alpha value is -1.64. The van der Waals surface area contributed by atoms with Crippen LogP contribution < -0.4 is 0 Å². The zero-order valence-corrected chi connectivity index (χ0v) is 13.0. The average Bonchev–Trinajstić information content (AvgIpc) is 2.46. The molecular formula is C14H19NO6S. The molecule has 1 aromatic carbocycles. The molecule has 1 aliphatic heterocycles. The summed E-state index contributed by atoms with van der Waals surface area (Å²) in [6.07, 6.45) is -1.67. The predicted molar refractivity (Wildman–Crippen MR) is 78.0 cm³/mol. The summed E-state index contributed by atoms with van der Waals surface area (Å²) < 4.78 is 29.1. The molecule has 0 bridgehead atoms.